The Labute approximate surface area is 230 Å². The SMILES string of the molecule is O=C([C@@H]1C[NH2+]C[C@]12CCCc1c2ccc2c1OCC2)N1CC[C@@H](c2ccccc2)C[C@H]1C1CCCC(F)(F)C1. The van der Waals surface area contributed by atoms with Crippen LogP contribution in [0.2, 0.25) is 0 Å². The second-order valence-corrected chi connectivity index (χ2v) is 12.9. The first-order chi connectivity index (χ1) is 19.0. The maximum Gasteiger partial charge on any atom is 0.248 e. The van der Waals surface area contributed by atoms with E-state index in [0.29, 0.717) is 18.9 Å². The van der Waals surface area contributed by atoms with E-state index < -0.39 is 5.92 Å². The van der Waals surface area contributed by atoms with E-state index in [1.807, 2.05) is 6.07 Å². The van der Waals surface area contributed by atoms with Crippen LogP contribution in [0.15, 0.2) is 42.5 Å². The highest BCUT2D eigenvalue weighted by molar-refractivity contribution is 5.82. The van der Waals surface area contributed by atoms with Crippen LogP contribution in [-0.4, -0.2) is 49.0 Å². The van der Waals surface area contributed by atoms with Gasteiger partial charge in [-0.25, -0.2) is 8.78 Å². The van der Waals surface area contributed by atoms with E-state index in [1.54, 1.807) is 0 Å². The summed E-state index contributed by atoms with van der Waals surface area (Å²) in [5.74, 6) is -1.27. The van der Waals surface area contributed by atoms with Crippen molar-refractivity contribution in [2.24, 2.45) is 11.8 Å². The Balaban J connectivity index is 1.21. The van der Waals surface area contributed by atoms with Crippen LogP contribution >= 0.6 is 0 Å². The molecule has 0 bridgehead atoms. The smallest absolute Gasteiger partial charge is 0.248 e. The number of nitrogens with zero attached hydrogens (tertiary/aromatic N) is 1. The number of likely N-dealkylation sites (tertiary alicyclic amines) is 1. The fraction of sp³-hybridized carbons (Fsp3) is 0.606. The third-order valence-corrected chi connectivity index (χ3v) is 10.8. The molecule has 6 heteroatoms. The van der Waals surface area contributed by atoms with Crippen LogP contribution in [0.4, 0.5) is 8.78 Å². The molecule has 0 radical (unpaired) electrons. The van der Waals surface area contributed by atoms with Crippen LogP contribution in [0.3, 0.4) is 0 Å². The highest BCUT2D eigenvalue weighted by atomic mass is 19.3. The summed E-state index contributed by atoms with van der Waals surface area (Å²) in [7, 11) is 0. The zero-order valence-electron chi connectivity index (χ0n) is 22.8. The summed E-state index contributed by atoms with van der Waals surface area (Å²) >= 11 is 0. The number of hydrogen-bond donors (Lipinski definition) is 1. The van der Waals surface area contributed by atoms with Gasteiger partial charge >= 0.3 is 0 Å². The Kier molecular flexibility index (Phi) is 6.45. The molecule has 4 nitrogen and oxygen atoms in total. The number of piperidine rings is 1. The number of nitrogens with two attached hydrogens (primary N) is 1. The van der Waals surface area contributed by atoms with Gasteiger partial charge < -0.3 is 15.0 Å². The van der Waals surface area contributed by atoms with Gasteiger partial charge in [-0.2, -0.15) is 0 Å². The number of quaternary nitrogens is 1. The molecular weight excluding hydrogens is 494 g/mol. The molecule has 2 saturated heterocycles. The van der Waals surface area contributed by atoms with Crippen molar-refractivity contribution < 1.29 is 23.6 Å². The van der Waals surface area contributed by atoms with Crippen molar-refractivity contribution in [2.45, 2.75) is 87.5 Å². The molecule has 7 rings (SSSR count). The lowest BCUT2D eigenvalue weighted by atomic mass is 9.63. The molecule has 3 fully saturated rings. The molecular formula is C33H41F2N2O2+. The van der Waals surface area contributed by atoms with Gasteiger partial charge in [0.1, 0.15) is 11.7 Å². The zero-order chi connectivity index (χ0) is 26.6. The maximum atomic E-state index is 14.7. The van der Waals surface area contributed by atoms with Crippen LogP contribution in [0.25, 0.3) is 0 Å². The first kappa shape index (κ1) is 25.5. The average Bonchev–Trinajstić information content (AvgIpc) is 3.60. The Hall–Kier alpha value is -2.47. The number of carbonyl (C=O) groups is 1. The minimum absolute atomic E-state index is 0.0177. The molecule has 0 aromatic heterocycles. The van der Waals surface area contributed by atoms with Crippen molar-refractivity contribution in [3.05, 3.63) is 64.7 Å². The summed E-state index contributed by atoms with van der Waals surface area (Å²) in [6.45, 7) is 3.11. The zero-order valence-corrected chi connectivity index (χ0v) is 22.8. The highest BCUT2D eigenvalue weighted by Gasteiger charge is 2.56. The van der Waals surface area contributed by atoms with Gasteiger partial charge in [0.2, 0.25) is 11.8 Å². The monoisotopic (exact) mass is 535 g/mol. The maximum absolute atomic E-state index is 14.7. The molecule has 2 aliphatic carbocycles. The van der Waals surface area contributed by atoms with Gasteiger partial charge in [0.25, 0.3) is 0 Å². The number of amides is 1. The van der Waals surface area contributed by atoms with Crippen LogP contribution < -0.4 is 10.1 Å². The van der Waals surface area contributed by atoms with E-state index in [9.17, 15) is 13.6 Å². The minimum Gasteiger partial charge on any atom is -0.493 e. The van der Waals surface area contributed by atoms with Crippen LogP contribution in [0.5, 0.6) is 5.75 Å². The molecule has 2 N–H and O–H groups in total. The average molecular weight is 536 g/mol. The second-order valence-electron chi connectivity index (χ2n) is 12.9. The summed E-state index contributed by atoms with van der Waals surface area (Å²) in [6.07, 6.45) is 6.99. The van der Waals surface area contributed by atoms with Crippen LogP contribution in [0.1, 0.15) is 79.5 Å². The van der Waals surface area contributed by atoms with Gasteiger partial charge in [-0.3, -0.25) is 4.79 Å². The van der Waals surface area contributed by atoms with E-state index >= 15 is 0 Å². The highest BCUT2D eigenvalue weighted by Crippen LogP contribution is 2.50. The van der Waals surface area contributed by atoms with Crippen molar-refractivity contribution in [3.8, 4) is 5.75 Å². The number of fused-ring (bicyclic) bond motifs is 4. The number of alkyl halides is 2. The summed E-state index contributed by atoms with van der Waals surface area (Å²) in [4.78, 5) is 16.8. The van der Waals surface area contributed by atoms with E-state index in [4.69, 9.17) is 4.74 Å². The van der Waals surface area contributed by atoms with E-state index in [1.165, 1.54) is 22.3 Å². The van der Waals surface area contributed by atoms with Crippen LogP contribution in [-0.2, 0) is 23.1 Å². The molecule has 2 aromatic carbocycles. The van der Waals surface area contributed by atoms with E-state index in [0.717, 1.165) is 70.4 Å². The molecule has 39 heavy (non-hydrogen) atoms. The summed E-state index contributed by atoms with van der Waals surface area (Å²) < 4.78 is 35.5. The topological polar surface area (TPSA) is 46.1 Å². The predicted molar refractivity (Wildman–Crippen MR) is 146 cm³/mol. The number of ether oxygens (including phenoxy) is 1. The summed E-state index contributed by atoms with van der Waals surface area (Å²) in [5, 5.41) is 2.33. The van der Waals surface area contributed by atoms with E-state index in [-0.39, 0.29) is 42.0 Å². The molecule has 1 saturated carbocycles. The van der Waals surface area contributed by atoms with Crippen molar-refractivity contribution in [2.75, 3.05) is 26.2 Å². The largest absolute Gasteiger partial charge is 0.493 e. The minimum atomic E-state index is -2.62. The molecule has 3 aliphatic heterocycles. The number of hydrogen-bond acceptors (Lipinski definition) is 2. The Morgan fingerprint density at radius 1 is 1.03 bits per heavy atom. The number of halogens is 2. The molecule has 2 aromatic rings. The first-order valence-electron chi connectivity index (χ1n) is 15.3. The molecule has 5 atom stereocenters. The lowest BCUT2D eigenvalue weighted by molar-refractivity contribution is -0.640. The third kappa shape index (κ3) is 4.38. The molecule has 3 heterocycles. The Bertz CT molecular complexity index is 1230. The Morgan fingerprint density at radius 3 is 2.74 bits per heavy atom. The molecule has 208 valence electrons. The summed E-state index contributed by atoms with van der Waals surface area (Å²) in [6, 6.07) is 14.9. The van der Waals surface area contributed by atoms with Gasteiger partial charge in [0, 0.05) is 31.8 Å². The standard InChI is InChI=1S/C33H40F2N2O2/c34-33(35)15-4-8-25(19-33)29-18-24(22-6-2-1-3-7-22)12-16-37(29)31(38)28-20-36-21-32(28)14-5-9-26-27(32)11-10-23-13-17-39-30(23)26/h1-3,6-7,10-11,24-25,28-29,36H,4-5,8-9,12-21H2/p+1/t24-,25?,28+,29+,32+/m1/s1. The Morgan fingerprint density at radius 2 is 1.90 bits per heavy atom. The molecule has 5 aliphatic rings. The molecule has 1 amide bonds. The normalized spacial score (nSPS) is 33.4. The molecule has 1 unspecified atom stereocenters. The van der Waals surface area contributed by atoms with Gasteiger partial charge in [0.05, 0.1) is 25.1 Å². The van der Waals surface area contributed by atoms with Crippen LogP contribution in [0, 0.1) is 11.8 Å². The predicted octanol–water partition coefficient (Wildman–Crippen LogP) is 4.99. The fourth-order valence-electron chi connectivity index (χ4n) is 9.02. The van der Waals surface area contributed by atoms with Gasteiger partial charge in [-0.1, -0.05) is 42.5 Å². The lowest BCUT2D eigenvalue weighted by Crippen LogP contribution is -2.82. The van der Waals surface area contributed by atoms with Crippen molar-refractivity contribution >= 4 is 5.91 Å². The lowest BCUT2D eigenvalue weighted by Gasteiger charge is -2.48. The van der Waals surface area contributed by atoms with Gasteiger partial charge in [-0.15, -0.1) is 0 Å². The van der Waals surface area contributed by atoms with E-state index in [2.05, 4.69) is 46.6 Å². The quantitative estimate of drug-likeness (QED) is 0.602. The second kappa shape index (κ2) is 9.87. The fourth-order valence-corrected chi connectivity index (χ4v) is 9.02. The molecule has 1 spiro atoms. The number of carbonyl (C=O) groups excluding carboxylic acids is 1. The van der Waals surface area contributed by atoms with Gasteiger partial charge in [-0.05, 0) is 79.0 Å². The first-order valence-corrected chi connectivity index (χ1v) is 15.3. The van der Waals surface area contributed by atoms with Crippen molar-refractivity contribution in [1.29, 1.82) is 0 Å². The summed E-state index contributed by atoms with van der Waals surface area (Å²) in [5.41, 5.74) is 5.04. The van der Waals surface area contributed by atoms with Crippen molar-refractivity contribution in [3.63, 3.8) is 0 Å². The van der Waals surface area contributed by atoms with Gasteiger partial charge in [0.15, 0.2) is 0 Å². The third-order valence-electron chi connectivity index (χ3n) is 10.8. The van der Waals surface area contributed by atoms with Crippen molar-refractivity contribution in [1.82, 2.24) is 4.90 Å². The number of rotatable bonds is 3. The number of benzene rings is 2.